The molecule has 0 fully saturated rings. The molecule has 0 N–H and O–H groups in total. The van der Waals surface area contributed by atoms with Gasteiger partial charge in [0.2, 0.25) is 0 Å². The molecule has 2 aliphatic rings. The van der Waals surface area contributed by atoms with Crippen molar-refractivity contribution < 1.29 is 9.15 Å². The second-order valence-electron chi connectivity index (χ2n) is 13.2. The molecule has 2 heterocycles. The fraction of sp³-hybridized carbons (Fsp3) is 0.0213. The summed E-state index contributed by atoms with van der Waals surface area (Å²) in [6, 6.07) is 62.8. The molecule has 9 aromatic rings. The molecular formula is C47H29NO2. The molecule has 234 valence electrons. The second kappa shape index (κ2) is 10.2. The highest BCUT2D eigenvalue weighted by atomic mass is 16.5. The number of ether oxygens (including phenoxy) is 1. The predicted octanol–water partition coefficient (Wildman–Crippen LogP) is 12.7. The topological polar surface area (TPSA) is 25.6 Å². The Bertz CT molecular complexity index is 2810. The summed E-state index contributed by atoms with van der Waals surface area (Å²) in [6.45, 7) is 0. The average Bonchev–Trinajstić information content (AvgIpc) is 3.71. The van der Waals surface area contributed by atoms with E-state index in [-0.39, 0.29) is 0 Å². The van der Waals surface area contributed by atoms with Crippen molar-refractivity contribution in [2.24, 2.45) is 0 Å². The van der Waals surface area contributed by atoms with Crippen LogP contribution in [0.5, 0.6) is 11.5 Å². The number of anilines is 3. The molecule has 1 aliphatic heterocycles. The highest BCUT2D eigenvalue weighted by Gasteiger charge is 2.52. The summed E-state index contributed by atoms with van der Waals surface area (Å²) in [5.74, 6) is 1.80. The van der Waals surface area contributed by atoms with Gasteiger partial charge in [-0.05, 0) is 58.5 Å². The summed E-state index contributed by atoms with van der Waals surface area (Å²) in [5, 5.41) is 4.49. The summed E-state index contributed by atoms with van der Waals surface area (Å²) in [5.41, 5.74) is 11.5. The lowest BCUT2D eigenvalue weighted by Crippen LogP contribution is -2.32. The molecule has 1 unspecified atom stereocenters. The Labute approximate surface area is 289 Å². The first-order chi connectivity index (χ1) is 24.8. The fourth-order valence-electron chi connectivity index (χ4n) is 8.74. The highest BCUT2D eigenvalue weighted by Crippen LogP contribution is 2.65. The van der Waals surface area contributed by atoms with Crippen LogP contribution in [0.2, 0.25) is 0 Å². The van der Waals surface area contributed by atoms with Crippen LogP contribution >= 0.6 is 0 Å². The van der Waals surface area contributed by atoms with Crippen molar-refractivity contribution in [1.29, 1.82) is 0 Å². The SMILES string of the molecule is c1ccc(N(c2cccc3c2-c2ccccc2C32c3ccccc3Oc3c2ccc2ccccc32)c2cccc3c2oc2ccccc23)cc1. The predicted molar refractivity (Wildman–Crippen MR) is 203 cm³/mol. The van der Waals surface area contributed by atoms with E-state index in [9.17, 15) is 0 Å². The molecule has 0 saturated carbocycles. The Morgan fingerprint density at radius 2 is 1.12 bits per heavy atom. The first-order valence-electron chi connectivity index (χ1n) is 17.1. The Kier molecular flexibility index (Phi) is 5.59. The molecule has 0 amide bonds. The van der Waals surface area contributed by atoms with E-state index in [4.69, 9.17) is 9.15 Å². The third kappa shape index (κ3) is 3.53. The molecule has 8 aromatic carbocycles. The van der Waals surface area contributed by atoms with E-state index in [2.05, 4.69) is 175 Å². The normalized spacial score (nSPS) is 15.4. The molecule has 0 saturated heterocycles. The number of hydrogen-bond acceptors (Lipinski definition) is 3. The Morgan fingerprint density at radius 1 is 0.440 bits per heavy atom. The van der Waals surface area contributed by atoms with Crippen LogP contribution in [0.4, 0.5) is 17.1 Å². The van der Waals surface area contributed by atoms with Gasteiger partial charge in [-0.1, -0.05) is 140 Å². The zero-order valence-electron chi connectivity index (χ0n) is 27.0. The lowest BCUT2D eigenvalue weighted by molar-refractivity contribution is 0.441. The van der Waals surface area contributed by atoms with Gasteiger partial charge in [0.15, 0.2) is 5.58 Å². The van der Waals surface area contributed by atoms with E-state index in [1.165, 1.54) is 22.3 Å². The van der Waals surface area contributed by atoms with Crippen molar-refractivity contribution in [2.45, 2.75) is 5.41 Å². The maximum atomic E-state index is 6.88. The monoisotopic (exact) mass is 639 g/mol. The molecule has 1 spiro atoms. The van der Waals surface area contributed by atoms with E-state index in [1.54, 1.807) is 0 Å². The number of furan rings is 1. The maximum absolute atomic E-state index is 6.88. The molecule has 3 heteroatoms. The number of rotatable bonds is 3. The summed E-state index contributed by atoms with van der Waals surface area (Å²) in [7, 11) is 0. The number of benzene rings is 8. The molecule has 1 aliphatic carbocycles. The van der Waals surface area contributed by atoms with Crippen molar-refractivity contribution in [3.8, 4) is 22.6 Å². The van der Waals surface area contributed by atoms with Crippen LogP contribution in [0, 0.1) is 0 Å². The van der Waals surface area contributed by atoms with Crippen molar-refractivity contribution in [3.05, 3.63) is 198 Å². The maximum Gasteiger partial charge on any atom is 0.159 e. The summed E-state index contributed by atoms with van der Waals surface area (Å²) in [6.07, 6.45) is 0. The van der Waals surface area contributed by atoms with Crippen molar-refractivity contribution >= 4 is 49.8 Å². The minimum Gasteiger partial charge on any atom is -0.456 e. The molecule has 0 bridgehead atoms. The van der Waals surface area contributed by atoms with Crippen LogP contribution in [-0.2, 0) is 5.41 Å². The number of hydrogen-bond donors (Lipinski definition) is 0. The van der Waals surface area contributed by atoms with Crippen LogP contribution < -0.4 is 9.64 Å². The quantitative estimate of drug-likeness (QED) is 0.192. The third-order valence-corrected chi connectivity index (χ3v) is 10.7. The van der Waals surface area contributed by atoms with Crippen LogP contribution in [0.1, 0.15) is 22.3 Å². The summed E-state index contributed by atoms with van der Waals surface area (Å²) >= 11 is 0. The summed E-state index contributed by atoms with van der Waals surface area (Å²) in [4.78, 5) is 2.38. The zero-order chi connectivity index (χ0) is 32.8. The van der Waals surface area contributed by atoms with Crippen LogP contribution in [0.25, 0.3) is 43.8 Å². The van der Waals surface area contributed by atoms with Gasteiger partial charge in [0, 0.05) is 38.5 Å². The Hall–Kier alpha value is -6.58. The molecular weight excluding hydrogens is 611 g/mol. The van der Waals surface area contributed by atoms with Crippen LogP contribution in [-0.4, -0.2) is 0 Å². The smallest absolute Gasteiger partial charge is 0.159 e. The van der Waals surface area contributed by atoms with E-state index in [0.29, 0.717) is 0 Å². The standard InChI is InChI=1S/C47H29NO2/c1-2-15-31(16-3-1)48(41-25-12-20-34-33-18-7-10-26-42(33)49-46(34)41)40-24-13-23-38-44(40)35-19-6-8-21-36(35)47(38)37-22-9-11-27-43(37)50-45-32-17-5-4-14-30(32)28-29-39(45)47/h1-29H. The van der Waals surface area contributed by atoms with Gasteiger partial charge in [-0.3, -0.25) is 0 Å². The van der Waals surface area contributed by atoms with Crippen molar-refractivity contribution in [1.82, 2.24) is 0 Å². The second-order valence-corrected chi connectivity index (χ2v) is 13.2. The van der Waals surface area contributed by atoms with E-state index < -0.39 is 5.41 Å². The lowest BCUT2D eigenvalue weighted by atomic mass is 9.65. The van der Waals surface area contributed by atoms with Gasteiger partial charge < -0.3 is 14.1 Å². The largest absolute Gasteiger partial charge is 0.456 e. The number of fused-ring (bicyclic) bond motifs is 14. The fourth-order valence-corrected chi connectivity index (χ4v) is 8.74. The number of para-hydroxylation sites is 4. The van der Waals surface area contributed by atoms with E-state index >= 15 is 0 Å². The van der Waals surface area contributed by atoms with Crippen LogP contribution in [0.15, 0.2) is 180 Å². The van der Waals surface area contributed by atoms with Gasteiger partial charge in [-0.2, -0.15) is 0 Å². The molecule has 1 aromatic heterocycles. The lowest BCUT2D eigenvalue weighted by Gasteiger charge is -2.40. The molecule has 1 atom stereocenters. The third-order valence-electron chi connectivity index (χ3n) is 10.7. The van der Waals surface area contributed by atoms with Gasteiger partial charge >= 0.3 is 0 Å². The van der Waals surface area contributed by atoms with Gasteiger partial charge in [-0.15, -0.1) is 0 Å². The molecule has 11 rings (SSSR count). The molecule has 50 heavy (non-hydrogen) atoms. The molecule has 3 nitrogen and oxygen atoms in total. The van der Waals surface area contributed by atoms with E-state index in [1.807, 2.05) is 6.07 Å². The van der Waals surface area contributed by atoms with Gasteiger partial charge in [0.25, 0.3) is 0 Å². The minimum absolute atomic E-state index is 0.593. The number of nitrogens with zero attached hydrogens (tertiary/aromatic N) is 1. The van der Waals surface area contributed by atoms with E-state index in [0.717, 1.165) is 72.4 Å². The summed E-state index contributed by atoms with van der Waals surface area (Å²) < 4.78 is 13.6. The minimum atomic E-state index is -0.593. The highest BCUT2D eigenvalue weighted by molar-refractivity contribution is 6.11. The molecule has 0 radical (unpaired) electrons. The first-order valence-corrected chi connectivity index (χ1v) is 17.1. The van der Waals surface area contributed by atoms with Gasteiger partial charge in [0.1, 0.15) is 17.1 Å². The van der Waals surface area contributed by atoms with Crippen molar-refractivity contribution in [2.75, 3.05) is 4.90 Å². The average molecular weight is 640 g/mol. The zero-order valence-corrected chi connectivity index (χ0v) is 27.0. The first kappa shape index (κ1) is 27.4. The van der Waals surface area contributed by atoms with Crippen LogP contribution in [0.3, 0.4) is 0 Å². The van der Waals surface area contributed by atoms with Gasteiger partial charge in [0.05, 0.1) is 16.8 Å². The Morgan fingerprint density at radius 3 is 2.04 bits per heavy atom. The van der Waals surface area contributed by atoms with Crippen molar-refractivity contribution in [3.63, 3.8) is 0 Å². The van der Waals surface area contributed by atoms with Gasteiger partial charge in [-0.25, -0.2) is 0 Å². The Balaban J connectivity index is 1.27.